The molecule has 2 aliphatic heterocycles. The highest BCUT2D eigenvalue weighted by Crippen LogP contribution is 2.43. The van der Waals surface area contributed by atoms with E-state index in [1.54, 1.807) is 24.1 Å². The molecule has 0 radical (unpaired) electrons. The number of rotatable bonds is 6. The second kappa shape index (κ2) is 9.94. The lowest BCUT2D eigenvalue weighted by atomic mass is 9.86. The van der Waals surface area contributed by atoms with Gasteiger partial charge in [-0.05, 0) is 41.8 Å². The van der Waals surface area contributed by atoms with E-state index in [9.17, 15) is 22.8 Å². The zero-order chi connectivity index (χ0) is 26.1. The summed E-state index contributed by atoms with van der Waals surface area (Å²) < 4.78 is 56.6. The Hall–Kier alpha value is -3.37. The number of carbonyl (C=O) groups is 2. The van der Waals surface area contributed by atoms with Crippen LogP contribution in [-0.4, -0.2) is 51.9 Å². The first kappa shape index (κ1) is 25.7. The van der Waals surface area contributed by atoms with Crippen LogP contribution < -0.4 is 15.0 Å². The highest BCUT2D eigenvalue weighted by molar-refractivity contribution is 6.05. The SMILES string of the molecule is COCC1(COC)CC(=CC(=O)Nc2ccc3c(c2)N(C)C(=O)CC3)c2ccc(C(F)(F)F)cc2O1. The van der Waals surface area contributed by atoms with Gasteiger partial charge in [-0.1, -0.05) is 12.1 Å². The second-order valence-corrected chi connectivity index (χ2v) is 8.99. The van der Waals surface area contributed by atoms with Crippen LogP contribution in [0.15, 0.2) is 42.5 Å². The van der Waals surface area contributed by atoms with Crippen molar-refractivity contribution < 1.29 is 37.0 Å². The summed E-state index contributed by atoms with van der Waals surface area (Å²) in [6, 6.07) is 8.55. The highest BCUT2D eigenvalue weighted by atomic mass is 19.4. The van der Waals surface area contributed by atoms with E-state index in [0.29, 0.717) is 29.7 Å². The molecular weight excluding hydrogens is 477 g/mol. The first-order valence-electron chi connectivity index (χ1n) is 11.3. The maximum absolute atomic E-state index is 13.4. The van der Waals surface area contributed by atoms with E-state index in [1.165, 1.54) is 26.4 Å². The molecule has 0 unspecified atom stereocenters. The van der Waals surface area contributed by atoms with E-state index in [-0.39, 0.29) is 31.3 Å². The number of hydrogen-bond acceptors (Lipinski definition) is 5. The number of alkyl halides is 3. The first-order chi connectivity index (χ1) is 17.0. The van der Waals surface area contributed by atoms with Gasteiger partial charge in [0.25, 0.3) is 0 Å². The smallest absolute Gasteiger partial charge is 0.416 e. The summed E-state index contributed by atoms with van der Waals surface area (Å²) in [7, 11) is 4.60. The highest BCUT2D eigenvalue weighted by Gasteiger charge is 2.41. The quantitative estimate of drug-likeness (QED) is 0.589. The van der Waals surface area contributed by atoms with Gasteiger partial charge >= 0.3 is 6.18 Å². The summed E-state index contributed by atoms with van der Waals surface area (Å²) in [5, 5.41) is 2.80. The molecule has 7 nitrogen and oxygen atoms in total. The summed E-state index contributed by atoms with van der Waals surface area (Å²) >= 11 is 0. The topological polar surface area (TPSA) is 77.1 Å². The van der Waals surface area contributed by atoms with Gasteiger partial charge in [0.2, 0.25) is 11.8 Å². The Morgan fingerprint density at radius 3 is 2.53 bits per heavy atom. The Kier molecular flexibility index (Phi) is 7.10. The number of ether oxygens (including phenoxy) is 3. The Balaban J connectivity index is 1.67. The predicted octanol–water partition coefficient (Wildman–Crippen LogP) is 4.45. The maximum Gasteiger partial charge on any atom is 0.416 e. The molecule has 0 fully saturated rings. The van der Waals surface area contributed by atoms with Crippen LogP contribution in [0.25, 0.3) is 5.57 Å². The van der Waals surface area contributed by atoms with Gasteiger partial charge in [0.1, 0.15) is 5.75 Å². The van der Waals surface area contributed by atoms with Gasteiger partial charge in [0, 0.05) is 57.1 Å². The molecule has 2 aliphatic rings. The number of anilines is 2. The summed E-state index contributed by atoms with van der Waals surface area (Å²) in [6.07, 6.45) is -1.95. The number of nitrogens with zero attached hydrogens (tertiary/aromatic N) is 1. The number of fused-ring (bicyclic) bond motifs is 2. The minimum Gasteiger partial charge on any atom is -0.481 e. The first-order valence-corrected chi connectivity index (χ1v) is 11.3. The minimum atomic E-state index is -4.55. The lowest BCUT2D eigenvalue weighted by Gasteiger charge is -2.39. The molecule has 0 saturated heterocycles. The Morgan fingerprint density at radius 1 is 1.14 bits per heavy atom. The average molecular weight is 505 g/mol. The van der Waals surface area contributed by atoms with Gasteiger partial charge in [-0.3, -0.25) is 9.59 Å². The molecular formula is C26H27F3N2O5. The number of methoxy groups -OCH3 is 2. The summed E-state index contributed by atoms with van der Waals surface area (Å²) in [6.45, 7) is 0.0847. The molecule has 0 aliphatic carbocycles. The molecule has 2 aromatic rings. The van der Waals surface area contributed by atoms with Crippen molar-refractivity contribution in [1.82, 2.24) is 0 Å². The summed E-state index contributed by atoms with van der Waals surface area (Å²) in [5.41, 5.74) is 1.14. The summed E-state index contributed by atoms with van der Waals surface area (Å²) in [4.78, 5) is 26.6. The van der Waals surface area contributed by atoms with Gasteiger partial charge in [0.05, 0.1) is 18.8 Å². The van der Waals surface area contributed by atoms with Crippen molar-refractivity contribution in [3.05, 3.63) is 59.2 Å². The number of carbonyl (C=O) groups excluding carboxylic acids is 2. The van der Waals surface area contributed by atoms with Crippen molar-refractivity contribution in [2.75, 3.05) is 44.7 Å². The normalized spacial score (nSPS) is 17.9. The maximum atomic E-state index is 13.4. The van der Waals surface area contributed by atoms with Gasteiger partial charge in [-0.25, -0.2) is 0 Å². The molecule has 192 valence electrons. The molecule has 0 atom stereocenters. The van der Waals surface area contributed by atoms with Crippen LogP contribution in [0.3, 0.4) is 0 Å². The van der Waals surface area contributed by atoms with E-state index in [4.69, 9.17) is 14.2 Å². The zero-order valence-corrected chi connectivity index (χ0v) is 20.2. The van der Waals surface area contributed by atoms with Gasteiger partial charge in [0.15, 0.2) is 5.60 Å². The monoisotopic (exact) mass is 504 g/mol. The van der Waals surface area contributed by atoms with E-state index in [0.717, 1.165) is 23.4 Å². The number of nitrogens with one attached hydrogen (secondary N) is 1. The fourth-order valence-electron chi connectivity index (χ4n) is 4.66. The molecule has 36 heavy (non-hydrogen) atoms. The summed E-state index contributed by atoms with van der Waals surface area (Å²) in [5.74, 6) is -0.470. The van der Waals surface area contributed by atoms with Crippen LogP contribution in [0.4, 0.5) is 24.5 Å². The van der Waals surface area contributed by atoms with Crippen LogP contribution >= 0.6 is 0 Å². The van der Waals surface area contributed by atoms with Crippen LogP contribution in [0.1, 0.15) is 29.5 Å². The number of amides is 2. The van der Waals surface area contributed by atoms with E-state index in [1.807, 2.05) is 6.07 Å². The third-order valence-corrected chi connectivity index (χ3v) is 6.31. The van der Waals surface area contributed by atoms with Crippen molar-refractivity contribution >= 4 is 28.8 Å². The lowest BCUT2D eigenvalue weighted by Crippen LogP contribution is -2.47. The van der Waals surface area contributed by atoms with Gasteiger partial charge in [-0.2, -0.15) is 13.2 Å². The van der Waals surface area contributed by atoms with E-state index in [2.05, 4.69) is 5.32 Å². The number of aryl methyl sites for hydroxylation is 1. The largest absolute Gasteiger partial charge is 0.481 e. The molecule has 0 saturated carbocycles. The van der Waals surface area contributed by atoms with Gasteiger partial charge in [-0.15, -0.1) is 0 Å². The fraction of sp³-hybridized carbons (Fsp3) is 0.385. The van der Waals surface area contributed by atoms with Gasteiger partial charge < -0.3 is 24.4 Å². The molecule has 1 N–H and O–H groups in total. The molecule has 0 bridgehead atoms. The van der Waals surface area contributed by atoms with Crippen molar-refractivity contribution in [1.29, 1.82) is 0 Å². The van der Waals surface area contributed by atoms with E-state index < -0.39 is 23.2 Å². The molecule has 2 heterocycles. The Labute approximate surface area is 206 Å². The zero-order valence-electron chi connectivity index (χ0n) is 20.2. The molecule has 10 heteroatoms. The Morgan fingerprint density at radius 2 is 1.86 bits per heavy atom. The second-order valence-electron chi connectivity index (χ2n) is 8.99. The number of hydrogen-bond donors (Lipinski definition) is 1. The van der Waals surface area contributed by atoms with Crippen LogP contribution in [0, 0.1) is 0 Å². The molecule has 4 rings (SSSR count). The predicted molar refractivity (Wildman–Crippen MR) is 128 cm³/mol. The lowest BCUT2D eigenvalue weighted by molar-refractivity contribution is -0.138. The third-order valence-electron chi connectivity index (χ3n) is 6.31. The van der Waals surface area contributed by atoms with Crippen molar-refractivity contribution in [3.8, 4) is 5.75 Å². The molecule has 2 amide bonds. The Bertz CT molecular complexity index is 1200. The average Bonchev–Trinajstić information content (AvgIpc) is 2.81. The van der Waals surface area contributed by atoms with E-state index >= 15 is 0 Å². The third kappa shape index (κ3) is 5.24. The number of benzene rings is 2. The van der Waals surface area contributed by atoms with Crippen molar-refractivity contribution in [2.24, 2.45) is 0 Å². The van der Waals surface area contributed by atoms with Crippen LogP contribution in [0.2, 0.25) is 0 Å². The van der Waals surface area contributed by atoms with Crippen molar-refractivity contribution in [2.45, 2.75) is 31.0 Å². The molecule has 2 aromatic carbocycles. The fourth-order valence-corrected chi connectivity index (χ4v) is 4.66. The minimum absolute atomic E-state index is 0.00172. The molecule has 0 spiro atoms. The van der Waals surface area contributed by atoms with Crippen LogP contribution in [0.5, 0.6) is 5.75 Å². The molecule has 0 aromatic heterocycles. The number of halogens is 3. The van der Waals surface area contributed by atoms with Crippen molar-refractivity contribution in [3.63, 3.8) is 0 Å². The standard InChI is InChI=1S/C26H27F3N2O5/c1-31-21-12-19(7-4-16(21)5-9-24(31)33)30-23(32)10-17-13-25(14-34-2,15-35-3)36-22-11-18(26(27,28)29)6-8-20(17)22/h4,6-8,10-12H,5,9,13-15H2,1-3H3,(H,30,32). The van der Waals surface area contributed by atoms with Crippen LogP contribution in [-0.2, 0) is 31.7 Å².